The molecule has 1 amide bonds. The van der Waals surface area contributed by atoms with Crippen LogP contribution in [0.5, 0.6) is 5.75 Å². The lowest BCUT2D eigenvalue weighted by Crippen LogP contribution is -2.01. The Morgan fingerprint density at radius 2 is 1.50 bits per heavy atom. The summed E-state index contributed by atoms with van der Waals surface area (Å²) in [5, 5.41) is 2.72. The number of aryl methyl sites for hydroxylation is 3. The van der Waals surface area contributed by atoms with Crippen molar-refractivity contribution in [1.29, 1.82) is 0 Å². The van der Waals surface area contributed by atoms with E-state index in [-0.39, 0.29) is 0 Å². The molecule has 3 heteroatoms. The first-order chi connectivity index (χ1) is 12.2. The molecule has 0 heterocycles. The summed E-state index contributed by atoms with van der Waals surface area (Å²) in [6.07, 6.45) is 1.97. The number of hydrogen-bond donors (Lipinski definition) is 1. The quantitative estimate of drug-likeness (QED) is 0.648. The van der Waals surface area contributed by atoms with Crippen molar-refractivity contribution in [3.63, 3.8) is 0 Å². The molecule has 0 bridgehead atoms. The molecule has 0 atom stereocenters. The van der Waals surface area contributed by atoms with Gasteiger partial charge in [-0.3, -0.25) is 4.79 Å². The Bertz CT molecular complexity index is 674. The summed E-state index contributed by atoms with van der Waals surface area (Å²) in [6.45, 7) is 15.5. The number of hydrogen-bond acceptors (Lipinski definition) is 2. The first-order valence-corrected chi connectivity index (χ1v) is 9.16. The van der Waals surface area contributed by atoms with Crippen molar-refractivity contribution in [2.24, 2.45) is 5.41 Å². The van der Waals surface area contributed by atoms with Gasteiger partial charge in [-0.05, 0) is 55.0 Å². The van der Waals surface area contributed by atoms with Gasteiger partial charge in [-0.1, -0.05) is 63.9 Å². The highest BCUT2D eigenvalue weighted by molar-refractivity contribution is 5.76. The number of amides is 1. The molecule has 0 spiro atoms. The SMILES string of the molecule is CCC(C)(C)C.Cc1ccc(COc2cc(C)c(NC=O)c(C)c2)cc1. The van der Waals surface area contributed by atoms with Crippen molar-refractivity contribution in [2.75, 3.05) is 5.32 Å². The number of ether oxygens (including phenoxy) is 1. The van der Waals surface area contributed by atoms with E-state index in [9.17, 15) is 4.79 Å². The molecule has 1 N–H and O–H groups in total. The standard InChI is InChI=1S/C17H19NO2.C6H14/c1-12-4-6-15(7-5-12)10-20-16-8-13(2)17(18-11-19)14(3)9-16;1-5-6(2,3)4/h4-9,11H,10H2,1-3H3,(H,18,19);5H2,1-4H3. The fraction of sp³-hybridized carbons (Fsp3) is 0.435. The molecular formula is C23H33NO2. The molecule has 0 radical (unpaired) electrons. The van der Waals surface area contributed by atoms with Crippen LogP contribution in [0.2, 0.25) is 0 Å². The van der Waals surface area contributed by atoms with Crippen LogP contribution in [-0.2, 0) is 11.4 Å². The van der Waals surface area contributed by atoms with E-state index in [0.717, 1.165) is 28.1 Å². The largest absolute Gasteiger partial charge is 0.489 e. The van der Waals surface area contributed by atoms with Crippen LogP contribution in [0.1, 0.15) is 56.4 Å². The van der Waals surface area contributed by atoms with Crippen molar-refractivity contribution >= 4 is 12.1 Å². The minimum Gasteiger partial charge on any atom is -0.489 e. The zero-order valence-electron chi connectivity index (χ0n) is 17.3. The van der Waals surface area contributed by atoms with Crippen molar-refractivity contribution < 1.29 is 9.53 Å². The Morgan fingerprint density at radius 1 is 1.00 bits per heavy atom. The van der Waals surface area contributed by atoms with E-state index in [1.807, 2.05) is 26.0 Å². The number of anilines is 1. The monoisotopic (exact) mass is 355 g/mol. The summed E-state index contributed by atoms with van der Waals surface area (Å²) in [5.74, 6) is 0.817. The lowest BCUT2D eigenvalue weighted by Gasteiger charge is -2.12. The molecule has 3 nitrogen and oxygen atoms in total. The third-order valence-corrected chi connectivity index (χ3v) is 4.30. The van der Waals surface area contributed by atoms with Crippen LogP contribution >= 0.6 is 0 Å². The predicted molar refractivity (Wildman–Crippen MR) is 111 cm³/mol. The zero-order chi connectivity index (χ0) is 19.7. The second kappa shape index (κ2) is 10.0. The summed E-state index contributed by atoms with van der Waals surface area (Å²) < 4.78 is 5.81. The molecule has 0 aliphatic heterocycles. The molecule has 26 heavy (non-hydrogen) atoms. The van der Waals surface area contributed by atoms with E-state index in [2.05, 4.69) is 64.2 Å². The maximum atomic E-state index is 10.6. The number of rotatable bonds is 5. The Hall–Kier alpha value is -2.29. The molecular weight excluding hydrogens is 322 g/mol. The van der Waals surface area contributed by atoms with Gasteiger partial charge in [0, 0.05) is 5.69 Å². The molecule has 2 aromatic rings. The summed E-state index contributed by atoms with van der Waals surface area (Å²) in [4.78, 5) is 10.6. The van der Waals surface area contributed by atoms with Crippen molar-refractivity contribution in [1.82, 2.24) is 0 Å². The van der Waals surface area contributed by atoms with Gasteiger partial charge in [-0.2, -0.15) is 0 Å². The van der Waals surface area contributed by atoms with E-state index in [1.54, 1.807) is 0 Å². The average molecular weight is 356 g/mol. The van der Waals surface area contributed by atoms with Gasteiger partial charge in [-0.15, -0.1) is 0 Å². The van der Waals surface area contributed by atoms with Crippen LogP contribution in [0.4, 0.5) is 5.69 Å². The Morgan fingerprint density at radius 3 is 1.92 bits per heavy atom. The number of benzene rings is 2. The highest BCUT2D eigenvalue weighted by Crippen LogP contribution is 2.26. The maximum absolute atomic E-state index is 10.6. The van der Waals surface area contributed by atoms with Gasteiger partial charge in [0.15, 0.2) is 0 Å². The van der Waals surface area contributed by atoms with Gasteiger partial charge in [0.2, 0.25) is 6.41 Å². The zero-order valence-corrected chi connectivity index (χ0v) is 17.3. The van der Waals surface area contributed by atoms with Gasteiger partial charge in [0.25, 0.3) is 0 Å². The second-order valence-corrected chi connectivity index (χ2v) is 7.88. The smallest absolute Gasteiger partial charge is 0.211 e. The van der Waals surface area contributed by atoms with Crippen molar-refractivity contribution in [3.8, 4) is 5.75 Å². The first-order valence-electron chi connectivity index (χ1n) is 9.16. The molecule has 0 fully saturated rings. The van der Waals surface area contributed by atoms with Gasteiger partial charge >= 0.3 is 0 Å². The lowest BCUT2D eigenvalue weighted by molar-refractivity contribution is -0.105. The first kappa shape index (κ1) is 21.8. The Labute approximate surface area is 158 Å². The molecule has 142 valence electrons. The van der Waals surface area contributed by atoms with E-state index in [0.29, 0.717) is 18.4 Å². The van der Waals surface area contributed by atoms with Crippen molar-refractivity contribution in [2.45, 2.75) is 61.5 Å². The molecule has 0 saturated carbocycles. The van der Waals surface area contributed by atoms with Gasteiger partial charge < -0.3 is 10.1 Å². The minimum absolute atomic E-state index is 0.541. The molecule has 0 aromatic heterocycles. The number of carbonyl (C=O) groups excluding carboxylic acids is 1. The number of nitrogens with one attached hydrogen (secondary N) is 1. The van der Waals surface area contributed by atoms with Crippen LogP contribution in [0, 0.1) is 26.2 Å². The normalized spacial score (nSPS) is 10.6. The van der Waals surface area contributed by atoms with Crippen LogP contribution in [-0.4, -0.2) is 6.41 Å². The summed E-state index contributed by atoms with van der Waals surface area (Å²) in [7, 11) is 0. The van der Waals surface area contributed by atoms with Gasteiger partial charge in [0.1, 0.15) is 12.4 Å². The molecule has 0 aliphatic carbocycles. The molecule has 0 unspecified atom stereocenters. The van der Waals surface area contributed by atoms with Crippen molar-refractivity contribution in [3.05, 3.63) is 58.7 Å². The summed E-state index contributed by atoms with van der Waals surface area (Å²) in [5.41, 5.74) is 5.76. The van der Waals surface area contributed by atoms with Gasteiger partial charge in [0.05, 0.1) is 0 Å². The highest BCUT2D eigenvalue weighted by atomic mass is 16.5. The molecule has 0 saturated heterocycles. The van der Waals surface area contributed by atoms with Crippen LogP contribution in [0.15, 0.2) is 36.4 Å². The summed E-state index contributed by atoms with van der Waals surface area (Å²) >= 11 is 0. The third-order valence-electron chi connectivity index (χ3n) is 4.30. The summed E-state index contributed by atoms with van der Waals surface area (Å²) in [6, 6.07) is 12.2. The topological polar surface area (TPSA) is 38.3 Å². The molecule has 2 aromatic carbocycles. The molecule has 2 rings (SSSR count). The van der Waals surface area contributed by atoms with E-state index >= 15 is 0 Å². The highest BCUT2D eigenvalue weighted by Gasteiger charge is 2.05. The Kier molecular flexibility index (Phi) is 8.37. The molecule has 0 aliphatic rings. The average Bonchev–Trinajstić information content (AvgIpc) is 2.57. The lowest BCUT2D eigenvalue weighted by atomic mass is 9.94. The van der Waals surface area contributed by atoms with Gasteiger partial charge in [-0.25, -0.2) is 0 Å². The van der Waals surface area contributed by atoms with E-state index in [4.69, 9.17) is 4.74 Å². The van der Waals surface area contributed by atoms with Crippen LogP contribution < -0.4 is 10.1 Å². The Balaban J connectivity index is 0.000000487. The fourth-order valence-electron chi connectivity index (χ4n) is 2.14. The van der Waals surface area contributed by atoms with Crippen LogP contribution in [0.3, 0.4) is 0 Å². The van der Waals surface area contributed by atoms with Crippen LogP contribution in [0.25, 0.3) is 0 Å². The third kappa shape index (κ3) is 7.73. The van der Waals surface area contributed by atoms with E-state index < -0.39 is 0 Å². The number of carbonyl (C=O) groups is 1. The minimum atomic E-state index is 0.541. The second-order valence-electron chi connectivity index (χ2n) is 7.88. The maximum Gasteiger partial charge on any atom is 0.211 e. The predicted octanol–water partition coefficient (Wildman–Crippen LogP) is 6.20. The van der Waals surface area contributed by atoms with E-state index in [1.165, 1.54) is 12.0 Å². The fourth-order valence-corrected chi connectivity index (χ4v) is 2.14.